The number of alkyl halides is 6. The first-order valence-corrected chi connectivity index (χ1v) is 7.45. The van der Waals surface area contributed by atoms with E-state index in [1.807, 2.05) is 0 Å². The van der Waals surface area contributed by atoms with Crippen molar-refractivity contribution in [1.82, 2.24) is 0 Å². The van der Waals surface area contributed by atoms with Gasteiger partial charge in [0.2, 0.25) is 11.4 Å². The van der Waals surface area contributed by atoms with Gasteiger partial charge in [0, 0.05) is 0 Å². The summed E-state index contributed by atoms with van der Waals surface area (Å²) in [6.45, 7) is 0.963. The second-order valence-corrected chi connectivity index (χ2v) is 5.37. The minimum absolute atomic E-state index is 0.326. The number of esters is 1. The van der Waals surface area contributed by atoms with Crippen LogP contribution in [0.15, 0.2) is 22.4 Å². The first-order chi connectivity index (χ1) is 12.3. The first-order valence-electron chi connectivity index (χ1n) is 6.69. The molecule has 0 atom stereocenters. The lowest BCUT2D eigenvalue weighted by molar-refractivity contribution is -0.137. The Balaban J connectivity index is 3.35. The third-order valence-electron chi connectivity index (χ3n) is 2.71. The van der Waals surface area contributed by atoms with Crippen LogP contribution < -0.4 is 5.43 Å². The zero-order chi connectivity index (χ0) is 21.0. The Labute approximate surface area is 157 Å². The molecule has 1 aromatic rings. The second kappa shape index (κ2) is 8.65. The Hall–Kier alpha value is -2.21. The minimum atomic E-state index is -5.30. The summed E-state index contributed by atoms with van der Waals surface area (Å²) in [6.07, 6.45) is -10.1. The molecule has 0 saturated heterocycles. The van der Waals surface area contributed by atoms with E-state index in [1.165, 1.54) is 6.92 Å². The molecule has 2 N–H and O–H groups in total. The van der Waals surface area contributed by atoms with Gasteiger partial charge in [-0.15, -0.1) is 0 Å². The Kier molecular flexibility index (Phi) is 7.32. The van der Waals surface area contributed by atoms with Gasteiger partial charge in [-0.1, -0.05) is 28.4 Å². The zero-order valence-corrected chi connectivity index (χ0v) is 14.6. The van der Waals surface area contributed by atoms with Gasteiger partial charge in [0.05, 0.1) is 27.9 Å². The van der Waals surface area contributed by atoms with Crippen molar-refractivity contribution in [1.29, 1.82) is 0 Å². The Bertz CT molecular complexity index is 755. The number of hydrogen-bond donors (Lipinski definition) is 2. The molecule has 1 rings (SSSR count). The van der Waals surface area contributed by atoms with Gasteiger partial charge in [-0.3, -0.25) is 5.43 Å². The van der Waals surface area contributed by atoms with Crippen molar-refractivity contribution in [2.24, 2.45) is 10.3 Å². The van der Waals surface area contributed by atoms with Gasteiger partial charge in [0.15, 0.2) is 0 Å². The van der Waals surface area contributed by atoms with E-state index in [1.54, 1.807) is 5.43 Å². The van der Waals surface area contributed by atoms with Crippen molar-refractivity contribution >= 4 is 46.3 Å². The van der Waals surface area contributed by atoms with Gasteiger partial charge in [0.25, 0.3) is 0 Å². The van der Waals surface area contributed by atoms with Crippen LogP contribution in [-0.2, 0) is 15.7 Å². The Morgan fingerprint density at radius 2 is 1.70 bits per heavy atom. The van der Waals surface area contributed by atoms with Gasteiger partial charge in [-0.25, -0.2) is 4.79 Å². The van der Waals surface area contributed by atoms with E-state index in [2.05, 4.69) is 15.0 Å². The summed E-state index contributed by atoms with van der Waals surface area (Å²) in [6, 6.07) is 0.815. The molecule has 0 aliphatic rings. The number of benzene rings is 1. The number of carbonyl (C=O) groups excluding carboxylic acids is 1. The van der Waals surface area contributed by atoms with Crippen molar-refractivity contribution in [2.45, 2.75) is 19.3 Å². The van der Waals surface area contributed by atoms with Crippen LogP contribution in [0.1, 0.15) is 12.5 Å². The van der Waals surface area contributed by atoms with Crippen LogP contribution >= 0.6 is 23.2 Å². The maximum absolute atomic E-state index is 13.1. The summed E-state index contributed by atoms with van der Waals surface area (Å²) < 4.78 is 81.6. The van der Waals surface area contributed by atoms with Gasteiger partial charge < -0.3 is 9.94 Å². The van der Waals surface area contributed by atoms with Crippen molar-refractivity contribution in [3.05, 3.63) is 27.7 Å². The molecule has 0 radical (unpaired) electrons. The molecule has 0 heterocycles. The predicted molar refractivity (Wildman–Crippen MR) is 84.4 cm³/mol. The third kappa shape index (κ3) is 5.89. The molecule has 0 bridgehead atoms. The monoisotopic (exact) mass is 439 g/mol. The number of hydrogen-bond acceptors (Lipinski definition) is 6. The molecule has 0 amide bonds. The van der Waals surface area contributed by atoms with E-state index in [9.17, 15) is 31.1 Å². The molecule has 0 aliphatic heterocycles. The number of ether oxygens (including phenoxy) is 1. The smallest absolute Gasteiger partial charge is 0.437 e. The molecule has 0 fully saturated rings. The largest absolute Gasteiger partial charge is 0.461 e. The number of hydrazone groups is 1. The number of carbonyl (C=O) groups is 1. The fraction of sp³-hybridized carbons (Fsp3) is 0.308. The maximum Gasteiger partial charge on any atom is 0.437 e. The summed E-state index contributed by atoms with van der Waals surface area (Å²) in [4.78, 5) is 11.5. The van der Waals surface area contributed by atoms with Crippen molar-refractivity contribution in [2.75, 3.05) is 12.0 Å². The molecule has 1 aromatic carbocycles. The van der Waals surface area contributed by atoms with E-state index in [4.69, 9.17) is 28.4 Å². The maximum atomic E-state index is 13.1. The molecular weight excluding hydrogens is 431 g/mol. The van der Waals surface area contributed by atoms with E-state index in [-0.39, 0.29) is 6.61 Å². The molecule has 0 aliphatic carbocycles. The highest BCUT2D eigenvalue weighted by atomic mass is 35.5. The number of nitrogens with zero attached hydrogens (tertiary/aromatic N) is 2. The van der Waals surface area contributed by atoms with E-state index in [0.29, 0.717) is 12.1 Å². The quantitative estimate of drug-likeness (QED) is 0.228. The lowest BCUT2D eigenvalue weighted by atomic mass is 10.2. The first kappa shape index (κ1) is 22.8. The van der Waals surface area contributed by atoms with Gasteiger partial charge in [-0.2, -0.15) is 31.4 Å². The highest BCUT2D eigenvalue weighted by Crippen LogP contribution is 2.38. The SMILES string of the molecule is CCOC(=O)C(=NO)C(=NNc1c(Cl)cc(C(F)(F)F)cc1Cl)C(F)(F)F. The van der Waals surface area contributed by atoms with E-state index >= 15 is 0 Å². The standard InChI is InChI=1S/C13H9Cl2F6N3O3/c1-2-27-11(25)9(24-26)10(13(19,20)21)23-22-8-6(14)3-5(4-7(8)15)12(16,17)18/h3-4,22,26H,2H2,1H3. The molecule has 150 valence electrons. The van der Waals surface area contributed by atoms with E-state index < -0.39 is 51.0 Å². The average molecular weight is 440 g/mol. The highest BCUT2D eigenvalue weighted by molar-refractivity contribution is 6.66. The topological polar surface area (TPSA) is 83.3 Å². The minimum Gasteiger partial charge on any atom is -0.461 e. The Morgan fingerprint density at radius 1 is 1.19 bits per heavy atom. The Morgan fingerprint density at radius 3 is 2.07 bits per heavy atom. The summed E-state index contributed by atoms with van der Waals surface area (Å²) in [7, 11) is 0. The molecule has 0 unspecified atom stereocenters. The highest BCUT2D eigenvalue weighted by Gasteiger charge is 2.43. The molecule has 0 aromatic heterocycles. The summed E-state index contributed by atoms with van der Waals surface area (Å²) >= 11 is 11.2. The fourth-order valence-electron chi connectivity index (χ4n) is 1.59. The van der Waals surface area contributed by atoms with E-state index in [0.717, 1.165) is 0 Å². The van der Waals surface area contributed by atoms with Crippen LogP contribution in [0.5, 0.6) is 0 Å². The van der Waals surface area contributed by atoms with Crippen molar-refractivity contribution < 1.29 is 41.1 Å². The van der Waals surface area contributed by atoms with Gasteiger partial charge in [0.1, 0.15) is 0 Å². The molecule has 0 spiro atoms. The third-order valence-corrected chi connectivity index (χ3v) is 3.31. The van der Waals surface area contributed by atoms with Gasteiger partial charge in [-0.05, 0) is 19.1 Å². The fourth-order valence-corrected chi connectivity index (χ4v) is 2.16. The number of nitrogens with one attached hydrogen (secondary N) is 1. The number of anilines is 1. The summed E-state index contributed by atoms with van der Waals surface area (Å²) in [5.41, 5.74) is -3.74. The van der Waals surface area contributed by atoms with Crippen LogP contribution in [0.25, 0.3) is 0 Å². The number of halogens is 8. The molecule has 14 heteroatoms. The molecule has 0 saturated carbocycles. The predicted octanol–water partition coefficient (Wildman–Crippen LogP) is 4.74. The second-order valence-electron chi connectivity index (χ2n) is 4.55. The molecular formula is C13H9Cl2F6N3O3. The lowest BCUT2D eigenvalue weighted by Gasteiger charge is -2.14. The van der Waals surface area contributed by atoms with Crippen LogP contribution in [0.4, 0.5) is 32.0 Å². The number of rotatable bonds is 5. The summed E-state index contributed by atoms with van der Waals surface area (Å²) in [5, 5.41) is 12.4. The zero-order valence-electron chi connectivity index (χ0n) is 13.0. The summed E-state index contributed by atoms with van der Waals surface area (Å²) in [5.74, 6) is -1.64. The van der Waals surface area contributed by atoms with Crippen LogP contribution in [-0.4, -0.2) is 35.4 Å². The lowest BCUT2D eigenvalue weighted by Crippen LogP contribution is -2.38. The molecule has 27 heavy (non-hydrogen) atoms. The van der Waals surface area contributed by atoms with Crippen LogP contribution in [0.3, 0.4) is 0 Å². The van der Waals surface area contributed by atoms with Crippen LogP contribution in [0.2, 0.25) is 10.0 Å². The van der Waals surface area contributed by atoms with Crippen molar-refractivity contribution in [3.63, 3.8) is 0 Å². The normalized spacial score (nSPS) is 13.5. The molecule has 6 nitrogen and oxygen atoms in total. The number of oxime groups is 1. The average Bonchev–Trinajstić information content (AvgIpc) is 2.51. The van der Waals surface area contributed by atoms with Crippen molar-refractivity contribution in [3.8, 4) is 0 Å². The van der Waals surface area contributed by atoms with Gasteiger partial charge >= 0.3 is 18.3 Å². The van der Waals surface area contributed by atoms with Crippen LogP contribution in [0, 0.1) is 0 Å².